The van der Waals surface area contributed by atoms with Crippen molar-refractivity contribution < 1.29 is 4.79 Å². The Balaban J connectivity index is 2.08. The van der Waals surface area contributed by atoms with Crippen LogP contribution in [0, 0.1) is 5.92 Å². The topological polar surface area (TPSA) is 46.3 Å². The Morgan fingerprint density at radius 1 is 1.18 bits per heavy atom. The molecule has 1 aliphatic heterocycles. The van der Waals surface area contributed by atoms with E-state index < -0.39 is 0 Å². The van der Waals surface area contributed by atoms with Gasteiger partial charge in [0, 0.05) is 19.5 Å². The number of nitrogens with two attached hydrogens (primary N) is 1. The van der Waals surface area contributed by atoms with Crippen LogP contribution in [-0.2, 0) is 4.79 Å². The Kier molecular flexibility index (Phi) is 7.25. The van der Waals surface area contributed by atoms with Gasteiger partial charge in [0.25, 0.3) is 0 Å². The van der Waals surface area contributed by atoms with Crippen LogP contribution in [0.1, 0.15) is 58.3 Å². The van der Waals surface area contributed by atoms with Crippen LogP contribution in [0.25, 0.3) is 0 Å². The van der Waals surface area contributed by atoms with Gasteiger partial charge in [0.05, 0.1) is 0 Å². The Morgan fingerprint density at radius 2 is 1.82 bits per heavy atom. The summed E-state index contributed by atoms with van der Waals surface area (Å²) < 4.78 is 0. The van der Waals surface area contributed by atoms with Crippen LogP contribution in [0.15, 0.2) is 0 Å². The minimum Gasteiger partial charge on any atom is -0.343 e. The average molecular weight is 240 g/mol. The molecule has 0 aromatic carbocycles. The van der Waals surface area contributed by atoms with Gasteiger partial charge in [0.15, 0.2) is 0 Å². The predicted molar refractivity (Wildman–Crippen MR) is 71.7 cm³/mol. The summed E-state index contributed by atoms with van der Waals surface area (Å²) in [5.41, 5.74) is 5.65. The number of hydrogen-bond donors (Lipinski definition) is 1. The zero-order valence-corrected chi connectivity index (χ0v) is 11.3. The van der Waals surface area contributed by atoms with Gasteiger partial charge in [-0.25, -0.2) is 0 Å². The summed E-state index contributed by atoms with van der Waals surface area (Å²) in [6, 6.07) is 0. The van der Waals surface area contributed by atoms with Crippen LogP contribution >= 0.6 is 0 Å². The van der Waals surface area contributed by atoms with E-state index in [1.165, 1.54) is 25.7 Å². The van der Waals surface area contributed by atoms with E-state index in [9.17, 15) is 4.79 Å². The van der Waals surface area contributed by atoms with Gasteiger partial charge in [0.2, 0.25) is 5.91 Å². The second-order valence-corrected chi connectivity index (χ2v) is 5.22. The lowest BCUT2D eigenvalue weighted by atomic mass is 9.97. The molecule has 2 N–H and O–H groups in total. The molecule has 1 amide bonds. The summed E-state index contributed by atoms with van der Waals surface area (Å²) in [6.45, 7) is 4.84. The summed E-state index contributed by atoms with van der Waals surface area (Å²) >= 11 is 0. The molecule has 17 heavy (non-hydrogen) atoms. The summed E-state index contributed by atoms with van der Waals surface area (Å²) in [5.74, 6) is 1.00. The molecule has 0 aliphatic carbocycles. The van der Waals surface area contributed by atoms with Crippen molar-refractivity contribution in [1.29, 1.82) is 0 Å². The third-order valence-corrected chi connectivity index (χ3v) is 3.79. The van der Waals surface area contributed by atoms with Crippen molar-refractivity contribution in [3.8, 4) is 0 Å². The molecule has 0 saturated carbocycles. The largest absolute Gasteiger partial charge is 0.343 e. The minimum atomic E-state index is 0.358. The van der Waals surface area contributed by atoms with Gasteiger partial charge in [-0.2, -0.15) is 0 Å². The fourth-order valence-corrected chi connectivity index (χ4v) is 2.46. The van der Waals surface area contributed by atoms with E-state index >= 15 is 0 Å². The van der Waals surface area contributed by atoms with Gasteiger partial charge in [-0.3, -0.25) is 4.79 Å². The number of carbonyl (C=O) groups excluding carboxylic acids is 1. The van der Waals surface area contributed by atoms with E-state index in [-0.39, 0.29) is 0 Å². The Hall–Kier alpha value is -0.570. The molecule has 1 aliphatic rings. The number of carbonyl (C=O) groups is 1. The summed E-state index contributed by atoms with van der Waals surface area (Å²) in [4.78, 5) is 14.0. The SMILES string of the molecule is CCCCCCCC(=O)N1CCC(CN)CC1. The first-order valence-corrected chi connectivity index (χ1v) is 7.25. The van der Waals surface area contributed by atoms with Crippen molar-refractivity contribution in [3.63, 3.8) is 0 Å². The van der Waals surface area contributed by atoms with E-state index in [2.05, 4.69) is 6.92 Å². The molecule has 1 saturated heterocycles. The van der Waals surface area contributed by atoms with E-state index in [4.69, 9.17) is 5.73 Å². The van der Waals surface area contributed by atoms with Crippen molar-refractivity contribution >= 4 is 5.91 Å². The van der Waals surface area contributed by atoms with Gasteiger partial charge in [-0.05, 0) is 31.7 Å². The third-order valence-electron chi connectivity index (χ3n) is 3.79. The highest BCUT2D eigenvalue weighted by Gasteiger charge is 2.21. The molecule has 0 atom stereocenters. The van der Waals surface area contributed by atoms with Gasteiger partial charge >= 0.3 is 0 Å². The maximum absolute atomic E-state index is 11.9. The fourth-order valence-electron chi connectivity index (χ4n) is 2.46. The fraction of sp³-hybridized carbons (Fsp3) is 0.929. The molecule has 0 spiro atoms. The van der Waals surface area contributed by atoms with Gasteiger partial charge in [-0.15, -0.1) is 0 Å². The lowest BCUT2D eigenvalue weighted by Gasteiger charge is -2.31. The molecule has 1 heterocycles. The van der Waals surface area contributed by atoms with E-state index in [1.54, 1.807) is 0 Å². The highest BCUT2D eigenvalue weighted by atomic mass is 16.2. The lowest BCUT2D eigenvalue weighted by Crippen LogP contribution is -2.39. The monoisotopic (exact) mass is 240 g/mol. The maximum atomic E-state index is 11.9. The number of rotatable bonds is 7. The van der Waals surface area contributed by atoms with Crippen molar-refractivity contribution in [3.05, 3.63) is 0 Å². The predicted octanol–water partition coefficient (Wildman–Crippen LogP) is 2.54. The molecule has 0 radical (unpaired) electrons. The van der Waals surface area contributed by atoms with Crippen LogP contribution in [0.2, 0.25) is 0 Å². The van der Waals surface area contributed by atoms with Crippen molar-refractivity contribution in [2.45, 2.75) is 58.3 Å². The normalized spacial score (nSPS) is 17.4. The van der Waals surface area contributed by atoms with Crippen molar-refractivity contribution in [2.75, 3.05) is 19.6 Å². The number of piperidine rings is 1. The standard InChI is InChI=1S/C14H28N2O/c1-2-3-4-5-6-7-14(17)16-10-8-13(12-15)9-11-16/h13H,2-12,15H2,1H3. The van der Waals surface area contributed by atoms with E-state index in [0.717, 1.165) is 45.3 Å². The lowest BCUT2D eigenvalue weighted by molar-refractivity contribution is -0.132. The average Bonchev–Trinajstić information content (AvgIpc) is 2.38. The second kappa shape index (κ2) is 8.51. The molecule has 100 valence electrons. The van der Waals surface area contributed by atoms with Gasteiger partial charge < -0.3 is 10.6 Å². The van der Waals surface area contributed by atoms with Crippen LogP contribution in [-0.4, -0.2) is 30.4 Å². The minimum absolute atomic E-state index is 0.358. The molecule has 3 nitrogen and oxygen atoms in total. The first-order chi connectivity index (χ1) is 8.27. The quantitative estimate of drug-likeness (QED) is 0.695. The number of likely N-dealkylation sites (tertiary alicyclic amines) is 1. The number of amides is 1. The molecule has 1 fully saturated rings. The smallest absolute Gasteiger partial charge is 0.222 e. The first-order valence-electron chi connectivity index (χ1n) is 7.25. The number of unbranched alkanes of at least 4 members (excludes halogenated alkanes) is 4. The zero-order chi connectivity index (χ0) is 12.5. The molecule has 0 aromatic rings. The molecule has 0 unspecified atom stereocenters. The molecule has 0 bridgehead atoms. The van der Waals surface area contributed by atoms with Gasteiger partial charge in [-0.1, -0.05) is 32.6 Å². The third kappa shape index (κ3) is 5.53. The molecular formula is C14H28N2O. The second-order valence-electron chi connectivity index (χ2n) is 5.22. The summed E-state index contributed by atoms with van der Waals surface area (Å²) in [6.07, 6.45) is 9.05. The summed E-state index contributed by atoms with van der Waals surface area (Å²) in [5, 5.41) is 0. The molecule has 1 rings (SSSR count). The maximum Gasteiger partial charge on any atom is 0.222 e. The molecule has 3 heteroatoms. The first kappa shape index (κ1) is 14.5. The zero-order valence-electron chi connectivity index (χ0n) is 11.3. The van der Waals surface area contributed by atoms with Crippen molar-refractivity contribution in [1.82, 2.24) is 4.90 Å². The Labute approximate surface area is 106 Å². The van der Waals surface area contributed by atoms with Crippen LogP contribution < -0.4 is 5.73 Å². The van der Waals surface area contributed by atoms with Gasteiger partial charge in [0.1, 0.15) is 0 Å². The summed E-state index contributed by atoms with van der Waals surface area (Å²) in [7, 11) is 0. The Morgan fingerprint density at radius 3 is 2.41 bits per heavy atom. The number of hydrogen-bond acceptors (Lipinski definition) is 2. The van der Waals surface area contributed by atoms with Crippen molar-refractivity contribution in [2.24, 2.45) is 11.7 Å². The molecule has 0 aromatic heterocycles. The highest BCUT2D eigenvalue weighted by molar-refractivity contribution is 5.76. The van der Waals surface area contributed by atoms with Crippen LogP contribution in [0.5, 0.6) is 0 Å². The Bertz CT molecular complexity index is 210. The number of nitrogens with zero attached hydrogens (tertiary/aromatic N) is 1. The van der Waals surface area contributed by atoms with Crippen LogP contribution in [0.4, 0.5) is 0 Å². The highest BCUT2D eigenvalue weighted by Crippen LogP contribution is 2.17. The van der Waals surface area contributed by atoms with Crippen LogP contribution in [0.3, 0.4) is 0 Å². The van der Waals surface area contributed by atoms with E-state index in [1.807, 2.05) is 4.90 Å². The van der Waals surface area contributed by atoms with E-state index in [0.29, 0.717) is 11.8 Å². The molecular weight excluding hydrogens is 212 g/mol.